The summed E-state index contributed by atoms with van der Waals surface area (Å²) < 4.78 is 0. The van der Waals surface area contributed by atoms with E-state index in [0.717, 1.165) is 37.3 Å². The van der Waals surface area contributed by atoms with Crippen LogP contribution in [0.25, 0.3) is 12.7 Å². The van der Waals surface area contributed by atoms with E-state index in [1.165, 1.54) is 24.0 Å². The number of carbonyl (C=O) groups is 1. The van der Waals surface area contributed by atoms with E-state index in [-0.39, 0.29) is 38.7 Å². The molecular weight excluding hydrogens is 420 g/mol. The van der Waals surface area contributed by atoms with Crippen molar-refractivity contribution >= 4 is 24.2 Å². The molecule has 1 aromatic rings. The number of hydrogen-bond acceptors (Lipinski definition) is 3. The molecule has 0 aliphatic heterocycles. The summed E-state index contributed by atoms with van der Waals surface area (Å²) in [6.45, 7) is 16.2. The van der Waals surface area contributed by atoms with Gasteiger partial charge >= 0.3 is 0 Å². The van der Waals surface area contributed by atoms with Crippen LogP contribution in [-0.4, -0.2) is 18.1 Å². The highest BCUT2D eigenvalue weighted by atomic mass is 16.3. The predicted octanol–water partition coefficient (Wildman–Crippen LogP) is 4.52. The number of rotatable bonds is 1. The molecule has 6 atom stereocenters. The first-order valence-corrected chi connectivity index (χ1v) is 13.0. The summed E-state index contributed by atoms with van der Waals surface area (Å²) in [7, 11) is 1.78. The minimum Gasteiger partial charge on any atom is -0.505 e. The number of anilines is 1. The van der Waals surface area contributed by atoms with E-state index in [2.05, 4.69) is 58.7 Å². The number of aromatic hydroxyl groups is 1. The Labute approximate surface area is 204 Å². The number of hydrogen-bond donors (Lipinski definition) is 3. The third-order valence-corrected chi connectivity index (χ3v) is 11.6. The van der Waals surface area contributed by atoms with Crippen LogP contribution in [0.5, 0.6) is 5.75 Å². The molecule has 4 heteroatoms. The topological polar surface area (TPSA) is 75.3 Å². The van der Waals surface area contributed by atoms with Gasteiger partial charge in [0.25, 0.3) is 0 Å². The van der Waals surface area contributed by atoms with Gasteiger partial charge in [-0.3, -0.25) is 4.79 Å². The minimum atomic E-state index is -0.296. The van der Waals surface area contributed by atoms with E-state index in [9.17, 15) is 9.90 Å². The molecule has 6 unspecified atom stereocenters. The van der Waals surface area contributed by atoms with Crippen LogP contribution in [0, 0.1) is 27.6 Å². The Bertz CT molecular complexity index is 1230. The molecule has 4 nitrogen and oxygen atoms in total. The van der Waals surface area contributed by atoms with Crippen molar-refractivity contribution in [3.63, 3.8) is 0 Å². The van der Waals surface area contributed by atoms with Crippen molar-refractivity contribution in [2.75, 3.05) is 12.8 Å². The largest absolute Gasteiger partial charge is 0.505 e. The van der Waals surface area contributed by atoms with Crippen LogP contribution in [0.3, 0.4) is 0 Å². The molecule has 0 heterocycles. The number of carbonyl (C=O) groups excluding carboxylic acids is 1. The lowest BCUT2D eigenvalue weighted by atomic mass is 9.34. The highest BCUT2D eigenvalue weighted by Gasteiger charge is 2.66. The first kappa shape index (κ1) is 23.5. The lowest BCUT2D eigenvalue weighted by Gasteiger charge is -2.69. The van der Waals surface area contributed by atoms with Gasteiger partial charge in [0.1, 0.15) is 5.75 Å². The van der Waals surface area contributed by atoms with Gasteiger partial charge in [-0.15, -0.1) is 0 Å². The lowest BCUT2D eigenvalue weighted by Crippen LogP contribution is -2.63. The number of amides is 1. The van der Waals surface area contributed by atoms with Gasteiger partial charge in [-0.25, -0.2) is 0 Å². The zero-order valence-electron chi connectivity index (χ0n) is 21.9. The van der Waals surface area contributed by atoms with Crippen molar-refractivity contribution in [3.8, 4) is 5.75 Å². The standard InChI is InChI=1S/C30H42N2O2/c1-18-19-8-9-22-28(4,20(19)16-21(31)24(18)33)13-15-30(6)23-17-27(3,25(34)32-7)11-10-26(23,2)12-14-29(22,30)5/h8-9,16,23,33H,1,10-15,17,31H2,2-7H3,(H,32,34). The molecule has 0 bridgehead atoms. The van der Waals surface area contributed by atoms with Crippen molar-refractivity contribution in [1.82, 2.24) is 5.32 Å². The monoisotopic (exact) mass is 462 g/mol. The Morgan fingerprint density at radius 2 is 1.74 bits per heavy atom. The van der Waals surface area contributed by atoms with E-state index in [1.54, 1.807) is 7.05 Å². The van der Waals surface area contributed by atoms with Crippen molar-refractivity contribution in [3.05, 3.63) is 33.7 Å². The van der Waals surface area contributed by atoms with Gasteiger partial charge in [0.15, 0.2) is 0 Å². The SMILES string of the molecule is C=c1c(O)c(N)cc2c1=CC=C1C2(C)CCC2(C)C3CC(C)(C(=O)NC)CCC3(C)CCC12C. The average Bonchev–Trinajstić information content (AvgIpc) is 2.80. The fourth-order valence-corrected chi connectivity index (χ4v) is 8.91. The predicted molar refractivity (Wildman–Crippen MR) is 139 cm³/mol. The number of allylic oxidation sites excluding steroid dienone is 2. The Morgan fingerprint density at radius 1 is 1.06 bits per heavy atom. The van der Waals surface area contributed by atoms with Crippen LogP contribution >= 0.6 is 0 Å². The van der Waals surface area contributed by atoms with Crippen LogP contribution in [0.2, 0.25) is 0 Å². The van der Waals surface area contributed by atoms with Crippen LogP contribution < -0.4 is 21.5 Å². The Kier molecular flexibility index (Phi) is 4.79. The van der Waals surface area contributed by atoms with Crippen molar-refractivity contribution in [2.45, 2.75) is 85.0 Å². The molecule has 184 valence electrons. The summed E-state index contributed by atoms with van der Waals surface area (Å²) in [5.41, 5.74) is 9.37. The van der Waals surface area contributed by atoms with Crippen LogP contribution in [-0.2, 0) is 10.2 Å². The molecule has 0 radical (unpaired) electrons. The number of phenols is 1. The van der Waals surface area contributed by atoms with E-state index in [1.807, 2.05) is 6.07 Å². The molecule has 4 N–H and O–H groups in total. The van der Waals surface area contributed by atoms with E-state index < -0.39 is 0 Å². The second kappa shape index (κ2) is 6.92. The van der Waals surface area contributed by atoms with E-state index in [0.29, 0.717) is 16.8 Å². The number of benzene rings is 1. The van der Waals surface area contributed by atoms with Crippen molar-refractivity contribution in [1.29, 1.82) is 0 Å². The van der Waals surface area contributed by atoms with Gasteiger partial charge in [0.2, 0.25) is 5.91 Å². The van der Waals surface area contributed by atoms with Crippen molar-refractivity contribution in [2.24, 2.45) is 27.6 Å². The number of nitrogens with two attached hydrogens (primary N) is 1. The van der Waals surface area contributed by atoms with Crippen LogP contribution in [0.1, 0.15) is 85.1 Å². The first-order valence-electron chi connectivity index (χ1n) is 13.0. The molecule has 4 aliphatic carbocycles. The molecule has 3 saturated carbocycles. The maximum absolute atomic E-state index is 13.0. The number of nitrogens with one attached hydrogen (secondary N) is 1. The Balaban J connectivity index is 1.66. The molecule has 1 aromatic carbocycles. The second-order valence-corrected chi connectivity index (χ2v) is 13.1. The molecule has 0 spiro atoms. The average molecular weight is 463 g/mol. The maximum Gasteiger partial charge on any atom is 0.225 e. The highest BCUT2D eigenvalue weighted by Crippen LogP contribution is 2.74. The van der Waals surface area contributed by atoms with Gasteiger partial charge < -0.3 is 16.2 Å². The van der Waals surface area contributed by atoms with E-state index >= 15 is 0 Å². The Hall–Kier alpha value is -2.23. The zero-order valence-corrected chi connectivity index (χ0v) is 21.9. The van der Waals surface area contributed by atoms with Gasteiger partial charge in [0.05, 0.1) is 5.69 Å². The molecule has 3 fully saturated rings. The minimum absolute atomic E-state index is 0.0350. The van der Waals surface area contributed by atoms with E-state index in [4.69, 9.17) is 5.73 Å². The summed E-state index contributed by atoms with van der Waals surface area (Å²) >= 11 is 0. The summed E-state index contributed by atoms with van der Waals surface area (Å²) in [5, 5.41) is 15.1. The second-order valence-electron chi connectivity index (χ2n) is 13.1. The summed E-state index contributed by atoms with van der Waals surface area (Å²) in [6.07, 6.45) is 12.1. The first-order chi connectivity index (χ1) is 15.8. The van der Waals surface area contributed by atoms with Gasteiger partial charge in [-0.05, 0) is 84.0 Å². The van der Waals surface area contributed by atoms with Gasteiger partial charge in [-0.1, -0.05) is 58.9 Å². The quantitative estimate of drug-likeness (QED) is 0.424. The summed E-state index contributed by atoms with van der Waals surface area (Å²) in [4.78, 5) is 13.0. The molecule has 5 rings (SSSR count). The smallest absolute Gasteiger partial charge is 0.225 e. The Morgan fingerprint density at radius 3 is 2.41 bits per heavy atom. The fourth-order valence-electron chi connectivity index (χ4n) is 8.91. The molecule has 0 aromatic heterocycles. The van der Waals surface area contributed by atoms with Crippen molar-refractivity contribution < 1.29 is 9.90 Å². The normalized spacial score (nSPS) is 42.8. The summed E-state index contributed by atoms with van der Waals surface area (Å²) in [5.74, 6) is 0.796. The third-order valence-electron chi connectivity index (χ3n) is 11.6. The molecular formula is C30H42N2O2. The van der Waals surface area contributed by atoms with Gasteiger partial charge in [0, 0.05) is 23.1 Å². The number of phenolic OH excluding ortho intramolecular Hbond substituents is 1. The lowest BCUT2D eigenvalue weighted by molar-refractivity contribution is -0.167. The third kappa shape index (κ3) is 2.69. The maximum atomic E-state index is 13.0. The molecule has 4 aliphatic rings. The molecule has 0 saturated heterocycles. The summed E-state index contributed by atoms with van der Waals surface area (Å²) in [6, 6.07) is 1.99. The van der Waals surface area contributed by atoms with Gasteiger partial charge in [-0.2, -0.15) is 0 Å². The molecule has 1 amide bonds. The number of nitrogen functional groups attached to an aromatic ring is 1. The zero-order chi connectivity index (χ0) is 24.9. The molecule has 34 heavy (non-hydrogen) atoms. The number of fused-ring (bicyclic) bond motifs is 7. The highest BCUT2D eigenvalue weighted by molar-refractivity contribution is 5.82. The van der Waals surface area contributed by atoms with Crippen LogP contribution in [0.15, 0.2) is 17.7 Å². The van der Waals surface area contributed by atoms with Crippen LogP contribution in [0.4, 0.5) is 5.69 Å². The fraction of sp³-hybridized carbons (Fsp3) is 0.633.